The first-order valence-electron chi connectivity index (χ1n) is 24.3. The second-order valence-electron chi connectivity index (χ2n) is 9.02. The molecule has 0 amide bonds. The van der Waals surface area contributed by atoms with Crippen LogP contribution in [0.15, 0.2) is 154 Å². The molecule has 7 aromatic carbocycles. The monoisotopic (exact) mass is 560 g/mol. The number of benzene rings is 7. The number of fused-ring (bicyclic) bond motifs is 7. The average Bonchev–Trinajstić information content (AvgIpc) is 3.88. The summed E-state index contributed by atoms with van der Waals surface area (Å²) in [5, 5.41) is -4.09. The second kappa shape index (κ2) is 8.95. The molecule has 0 spiro atoms. The van der Waals surface area contributed by atoms with Gasteiger partial charge in [0.15, 0.2) is 0 Å². The van der Waals surface area contributed by atoms with Crippen LogP contribution in [0.4, 0.5) is 0 Å². The minimum absolute atomic E-state index is 0.400. The number of hydrogen-bond donors (Lipinski definition) is 0. The van der Waals surface area contributed by atoms with Gasteiger partial charge in [-0.25, -0.2) is 0 Å². The van der Waals surface area contributed by atoms with Gasteiger partial charge in [0.1, 0.15) is 22.5 Å². The van der Waals surface area contributed by atoms with Crippen LogP contribution in [0.25, 0.3) is 88.0 Å². The zero-order valence-corrected chi connectivity index (χ0v) is 20.8. The molecule has 42 heavy (non-hydrogen) atoms. The Morgan fingerprint density at radius 3 is 1.52 bits per heavy atom. The fourth-order valence-electron chi connectivity index (χ4n) is 5.25. The Morgan fingerprint density at radius 2 is 0.881 bits per heavy atom. The van der Waals surface area contributed by atoms with Gasteiger partial charge in [0.2, 0.25) is 0 Å². The van der Waals surface area contributed by atoms with Crippen LogP contribution in [0.3, 0.4) is 0 Å². The second-order valence-corrected chi connectivity index (χ2v) is 9.02. The number of para-hydroxylation sites is 1. The van der Waals surface area contributed by atoms with Gasteiger partial charge in [-0.05, 0) is 50.8 Å². The van der Waals surface area contributed by atoms with Gasteiger partial charge in [-0.15, -0.1) is 0 Å². The largest absolute Gasteiger partial charge is 0.455 e. The van der Waals surface area contributed by atoms with E-state index in [4.69, 9.17) is 34.9 Å². The third kappa shape index (κ3) is 3.27. The third-order valence-electron chi connectivity index (χ3n) is 6.87. The Labute approximate surface area is 275 Å². The molecular weight excluding hydrogens is 512 g/mol. The van der Waals surface area contributed by atoms with Crippen molar-refractivity contribution in [3.63, 3.8) is 0 Å². The molecule has 0 radical (unpaired) electrons. The van der Waals surface area contributed by atoms with Crippen LogP contribution in [0.2, 0.25) is 0 Å². The van der Waals surface area contributed by atoms with Crippen LogP contribution in [0, 0.1) is 0 Å². The van der Waals surface area contributed by atoms with E-state index in [1.807, 2.05) is 0 Å². The van der Waals surface area contributed by atoms with Crippen molar-refractivity contribution in [1.29, 1.82) is 0 Å². The Kier molecular flexibility index (Phi) is 2.08. The summed E-state index contributed by atoms with van der Waals surface area (Å²) in [6.07, 6.45) is 0. The molecule has 196 valence electrons. The van der Waals surface area contributed by atoms with Gasteiger partial charge in [-0.1, -0.05) is 127 Å². The van der Waals surface area contributed by atoms with Gasteiger partial charge in [0.25, 0.3) is 0 Å². The summed E-state index contributed by atoms with van der Waals surface area (Å²) < 4.78 is 225. The van der Waals surface area contributed by atoms with E-state index in [1.54, 1.807) is 0 Å². The van der Waals surface area contributed by atoms with Gasteiger partial charge in [0.05, 0.1) is 38.3 Å². The highest BCUT2D eigenvalue weighted by Crippen LogP contribution is 2.51. The molecule has 2 aromatic heterocycles. The van der Waals surface area contributed by atoms with Crippen molar-refractivity contribution >= 4 is 54.5 Å². The lowest BCUT2D eigenvalue weighted by molar-refractivity contribution is 0.631. The minimum Gasteiger partial charge on any atom is -0.455 e. The molecular formula is C40H24O2. The van der Waals surface area contributed by atoms with Crippen LogP contribution >= 0.6 is 0 Å². The molecule has 0 saturated carbocycles. The van der Waals surface area contributed by atoms with Crippen molar-refractivity contribution in [2.45, 2.75) is 0 Å². The Hall–Kier alpha value is -5.60. The summed E-state index contributed by atoms with van der Waals surface area (Å²) in [6, 6.07) is -21.4. The molecule has 0 N–H and O–H groups in total. The predicted molar refractivity (Wildman–Crippen MR) is 175 cm³/mol. The first-order valence-corrected chi connectivity index (χ1v) is 12.3. The number of rotatable bonds is 3. The normalized spacial score (nSPS) is 19.8. The molecule has 0 bridgehead atoms. The molecule has 9 aromatic rings. The summed E-state index contributed by atoms with van der Waals surface area (Å²) in [5.41, 5.74) is -5.21. The molecule has 0 unspecified atom stereocenters. The molecule has 0 aliphatic heterocycles. The zero-order chi connectivity index (χ0) is 48.5. The van der Waals surface area contributed by atoms with E-state index in [-0.39, 0.29) is 0 Å². The van der Waals surface area contributed by atoms with Crippen molar-refractivity contribution in [1.82, 2.24) is 0 Å². The molecule has 2 heterocycles. The van der Waals surface area contributed by atoms with Gasteiger partial charge < -0.3 is 8.83 Å². The standard InChI is InChI=1S/C40H24O2/c1-3-13-25(14-4-1)35-28-18-7-9-20-30(28)36(31-21-10-8-19-29(31)35)38-37-34(42-39(38)26-15-5-2-6-16-26)24-23-32-27-17-11-12-22-33(27)41-40(32)37/h1-24H/i1D,2D,3D,4D,5D,6D,7D,8D,9D,10D,11D,12D,13D,14D,15D,16D,17D,18D,19D,20D,21D,22D,23D,24D. The van der Waals surface area contributed by atoms with E-state index in [2.05, 4.69) is 0 Å². The van der Waals surface area contributed by atoms with Crippen molar-refractivity contribution in [3.8, 4) is 33.6 Å². The van der Waals surface area contributed by atoms with Crippen molar-refractivity contribution < 1.29 is 41.7 Å². The lowest BCUT2D eigenvalue weighted by Gasteiger charge is -2.18. The number of furan rings is 2. The van der Waals surface area contributed by atoms with Crippen LogP contribution in [-0.4, -0.2) is 0 Å². The first kappa shape index (κ1) is 9.75. The van der Waals surface area contributed by atoms with E-state index in [9.17, 15) is 6.85 Å². The smallest absolute Gasteiger partial charge is 0.147 e. The lowest BCUT2D eigenvalue weighted by Crippen LogP contribution is -1.91. The lowest BCUT2D eigenvalue weighted by atomic mass is 9.84. The Balaban J connectivity index is 1.74. The minimum atomic E-state index is -0.967. The van der Waals surface area contributed by atoms with Crippen LogP contribution in [0.5, 0.6) is 0 Å². The van der Waals surface area contributed by atoms with E-state index < -0.39 is 233 Å². The quantitative estimate of drug-likeness (QED) is 0.201. The average molecular weight is 561 g/mol. The molecule has 0 atom stereocenters. The van der Waals surface area contributed by atoms with E-state index in [0.29, 0.717) is 0 Å². The van der Waals surface area contributed by atoms with Gasteiger partial charge in [-0.3, -0.25) is 0 Å². The third-order valence-corrected chi connectivity index (χ3v) is 6.87. The van der Waals surface area contributed by atoms with Crippen molar-refractivity contribution in [3.05, 3.63) is 145 Å². The molecule has 2 heteroatoms. The Morgan fingerprint density at radius 1 is 0.357 bits per heavy atom. The van der Waals surface area contributed by atoms with Crippen molar-refractivity contribution in [2.24, 2.45) is 0 Å². The van der Waals surface area contributed by atoms with Crippen LogP contribution in [-0.2, 0) is 0 Å². The topological polar surface area (TPSA) is 26.3 Å². The summed E-state index contributed by atoms with van der Waals surface area (Å²) in [6.45, 7) is 0. The summed E-state index contributed by atoms with van der Waals surface area (Å²) in [4.78, 5) is 0. The van der Waals surface area contributed by atoms with Gasteiger partial charge in [-0.2, -0.15) is 0 Å². The zero-order valence-electron chi connectivity index (χ0n) is 44.8. The fourth-order valence-corrected chi connectivity index (χ4v) is 5.25. The SMILES string of the molecule is [2H]c1c([2H])c([2H])c(-c2oc3c([2H])c([2H])c4c(oc5c([2H])c([2H])c([2H])c([2H])c54)c3c2-c2c3c([2H])c([2H])c([2H])c([2H])c3c(-c3c([2H])c([2H])c([2H])c([2H])c3[2H])c3c([2H])c([2H])c([2H])c([2H])c23)c([2H])c1[2H]. The highest BCUT2D eigenvalue weighted by atomic mass is 16.3. The number of hydrogen-bond acceptors (Lipinski definition) is 2. The predicted octanol–water partition coefficient (Wildman–Crippen LogP) is 11.6. The summed E-state index contributed by atoms with van der Waals surface area (Å²) in [7, 11) is 0. The molecule has 0 aliphatic rings. The van der Waals surface area contributed by atoms with Gasteiger partial charge >= 0.3 is 0 Å². The van der Waals surface area contributed by atoms with Crippen LogP contribution in [0.1, 0.15) is 32.9 Å². The van der Waals surface area contributed by atoms with Gasteiger partial charge in [0, 0.05) is 27.5 Å². The summed E-state index contributed by atoms with van der Waals surface area (Å²) in [5.74, 6) is -0.791. The Bertz CT molecular complexity index is 3670. The molecule has 0 aliphatic carbocycles. The summed E-state index contributed by atoms with van der Waals surface area (Å²) >= 11 is 0. The highest BCUT2D eigenvalue weighted by Gasteiger charge is 2.26. The molecule has 2 nitrogen and oxygen atoms in total. The maximum atomic E-state index is 9.49. The fraction of sp³-hybridized carbons (Fsp3) is 0. The molecule has 0 fully saturated rings. The maximum absolute atomic E-state index is 9.49. The van der Waals surface area contributed by atoms with E-state index in [1.165, 1.54) is 0 Å². The van der Waals surface area contributed by atoms with Crippen molar-refractivity contribution in [2.75, 3.05) is 0 Å². The first-order chi connectivity index (χ1) is 30.8. The molecule has 9 rings (SSSR count). The van der Waals surface area contributed by atoms with Crippen LogP contribution < -0.4 is 0 Å². The van der Waals surface area contributed by atoms with E-state index in [0.717, 1.165) is 0 Å². The highest BCUT2D eigenvalue weighted by molar-refractivity contribution is 6.28. The molecule has 0 saturated heterocycles. The maximum Gasteiger partial charge on any atom is 0.147 e. The van der Waals surface area contributed by atoms with E-state index >= 15 is 0 Å².